The molecule has 0 unspecified atom stereocenters. The van der Waals surface area contributed by atoms with Crippen molar-refractivity contribution >= 4 is 17.9 Å². The smallest absolute Gasteiger partial charge is 0.306 e. The first kappa shape index (κ1) is 63.3. The number of esters is 3. The molecule has 0 spiro atoms. The molecular formula is C61H102O6. The SMILES string of the molecule is CC/C=C/C/C=C/C/C=C/C/C=C/C/C=C/CCCCCC(=O)OC[C@@H](COC(=O)CCCCCCCCC/C=C/CCCCCC)OC(=O)CCCCCCC/C=C/C/C=C/CCCCC. The lowest BCUT2D eigenvalue weighted by atomic mass is 10.1. The maximum absolute atomic E-state index is 12.8. The molecule has 0 bridgehead atoms. The fourth-order valence-electron chi connectivity index (χ4n) is 7.37. The van der Waals surface area contributed by atoms with Crippen LogP contribution in [0.1, 0.15) is 252 Å². The van der Waals surface area contributed by atoms with Gasteiger partial charge in [-0.25, -0.2) is 0 Å². The predicted molar refractivity (Wildman–Crippen MR) is 288 cm³/mol. The van der Waals surface area contributed by atoms with Crippen molar-refractivity contribution < 1.29 is 28.6 Å². The number of carbonyl (C=O) groups excluding carboxylic acids is 3. The molecule has 0 aromatic rings. The number of unbranched alkanes of at least 4 members (excludes halogenated alkanes) is 22. The number of rotatable bonds is 49. The van der Waals surface area contributed by atoms with E-state index in [0.717, 1.165) is 122 Å². The molecule has 0 radical (unpaired) electrons. The average molecular weight is 931 g/mol. The van der Waals surface area contributed by atoms with Crippen LogP contribution in [0.25, 0.3) is 0 Å². The van der Waals surface area contributed by atoms with Crippen LogP contribution in [0.3, 0.4) is 0 Å². The van der Waals surface area contributed by atoms with E-state index in [9.17, 15) is 14.4 Å². The Kier molecular flexibility index (Phi) is 51.9. The van der Waals surface area contributed by atoms with Gasteiger partial charge >= 0.3 is 17.9 Å². The Morgan fingerprint density at radius 1 is 0.313 bits per heavy atom. The van der Waals surface area contributed by atoms with Gasteiger partial charge in [-0.15, -0.1) is 0 Å². The van der Waals surface area contributed by atoms with Crippen LogP contribution in [0.2, 0.25) is 0 Å². The highest BCUT2D eigenvalue weighted by atomic mass is 16.6. The summed E-state index contributed by atoms with van der Waals surface area (Å²) in [7, 11) is 0. The van der Waals surface area contributed by atoms with Gasteiger partial charge in [0.25, 0.3) is 0 Å². The summed E-state index contributed by atoms with van der Waals surface area (Å²) in [4.78, 5) is 38.1. The Balaban J connectivity index is 4.48. The van der Waals surface area contributed by atoms with Crippen LogP contribution >= 0.6 is 0 Å². The van der Waals surface area contributed by atoms with Gasteiger partial charge in [0.05, 0.1) is 0 Å². The standard InChI is InChI=1S/C61H102O6/c1-4-7-10-13-16-19-22-25-28-29-30-31-34-36-39-42-45-48-51-54-60(63)66-57-58(67-61(64)55-52-49-46-43-40-37-33-27-24-21-18-15-12-9-6-3)56-65-59(62)53-50-47-44-41-38-35-32-26-23-20-17-14-11-8-5-2/h7,10,16,18-21,23,25,27-28,30-31,33,36,39,58H,4-6,8-9,11-15,17,22,24,26,29,32,34-35,37-38,40-57H2,1-3H3/b10-7+,19-16+,21-18+,23-20+,28-25+,31-30+,33-27+,39-36+/t58-/m1/s1. The summed E-state index contributed by atoms with van der Waals surface area (Å²) in [5.41, 5.74) is 0. The van der Waals surface area contributed by atoms with E-state index in [1.807, 2.05) is 0 Å². The minimum atomic E-state index is -0.801. The Morgan fingerprint density at radius 3 is 0.970 bits per heavy atom. The monoisotopic (exact) mass is 931 g/mol. The normalized spacial score (nSPS) is 12.8. The maximum Gasteiger partial charge on any atom is 0.306 e. The topological polar surface area (TPSA) is 78.9 Å². The van der Waals surface area contributed by atoms with Gasteiger partial charge in [0.2, 0.25) is 0 Å². The highest BCUT2D eigenvalue weighted by Gasteiger charge is 2.19. The summed E-state index contributed by atoms with van der Waals surface area (Å²) < 4.78 is 16.8. The van der Waals surface area contributed by atoms with Crippen molar-refractivity contribution in [2.24, 2.45) is 0 Å². The lowest BCUT2D eigenvalue weighted by Gasteiger charge is -2.18. The second kappa shape index (κ2) is 54.9. The van der Waals surface area contributed by atoms with Crippen molar-refractivity contribution in [3.05, 3.63) is 97.2 Å². The fraction of sp³-hybridized carbons (Fsp3) is 0.689. The summed E-state index contributed by atoms with van der Waals surface area (Å²) in [5.74, 6) is -0.948. The highest BCUT2D eigenvalue weighted by Crippen LogP contribution is 2.14. The zero-order valence-electron chi connectivity index (χ0n) is 43.6. The predicted octanol–water partition coefficient (Wildman–Crippen LogP) is 18.5. The first-order valence-electron chi connectivity index (χ1n) is 27.7. The number of hydrogen-bond acceptors (Lipinski definition) is 6. The van der Waals surface area contributed by atoms with E-state index < -0.39 is 6.10 Å². The number of allylic oxidation sites excluding steroid dienone is 16. The van der Waals surface area contributed by atoms with Gasteiger partial charge in [-0.1, -0.05) is 208 Å². The van der Waals surface area contributed by atoms with Gasteiger partial charge in [0.1, 0.15) is 13.2 Å². The molecule has 0 saturated carbocycles. The van der Waals surface area contributed by atoms with Gasteiger partial charge in [-0.2, -0.15) is 0 Å². The van der Waals surface area contributed by atoms with Gasteiger partial charge in [-0.05, 0) is 122 Å². The lowest BCUT2D eigenvalue weighted by Crippen LogP contribution is -2.30. The van der Waals surface area contributed by atoms with Crippen molar-refractivity contribution in [3.8, 4) is 0 Å². The average Bonchev–Trinajstić information content (AvgIpc) is 3.33. The minimum Gasteiger partial charge on any atom is -0.462 e. The third-order valence-corrected chi connectivity index (χ3v) is 11.5. The summed E-state index contributed by atoms with van der Waals surface area (Å²) in [5, 5.41) is 0. The molecule has 0 aliphatic rings. The van der Waals surface area contributed by atoms with Crippen LogP contribution < -0.4 is 0 Å². The van der Waals surface area contributed by atoms with E-state index >= 15 is 0 Å². The van der Waals surface area contributed by atoms with Crippen LogP contribution in [0.4, 0.5) is 0 Å². The molecule has 0 aliphatic carbocycles. The van der Waals surface area contributed by atoms with Gasteiger partial charge in [-0.3, -0.25) is 14.4 Å². The molecule has 0 fully saturated rings. The molecule has 0 rings (SSSR count). The summed E-state index contributed by atoms with van der Waals surface area (Å²) >= 11 is 0. The second-order valence-corrected chi connectivity index (χ2v) is 18.1. The largest absolute Gasteiger partial charge is 0.462 e. The van der Waals surface area contributed by atoms with Crippen LogP contribution in [0.5, 0.6) is 0 Å². The quantitative estimate of drug-likeness (QED) is 0.0262. The third-order valence-electron chi connectivity index (χ3n) is 11.5. The van der Waals surface area contributed by atoms with Crippen molar-refractivity contribution in [1.82, 2.24) is 0 Å². The third kappa shape index (κ3) is 53.2. The molecule has 0 amide bonds. The summed E-state index contributed by atoms with van der Waals surface area (Å²) in [6.45, 7) is 6.44. The first-order chi connectivity index (χ1) is 33.0. The molecule has 382 valence electrons. The Hall–Kier alpha value is -3.67. The Bertz CT molecular complexity index is 1350. The molecule has 0 aromatic heterocycles. The minimum absolute atomic E-state index is 0.0968. The van der Waals surface area contributed by atoms with Gasteiger partial charge in [0, 0.05) is 19.3 Å². The first-order valence-corrected chi connectivity index (χ1v) is 27.7. The van der Waals surface area contributed by atoms with Crippen molar-refractivity contribution in [2.45, 2.75) is 258 Å². The van der Waals surface area contributed by atoms with E-state index in [0.29, 0.717) is 19.3 Å². The van der Waals surface area contributed by atoms with Crippen LogP contribution in [-0.4, -0.2) is 37.2 Å². The van der Waals surface area contributed by atoms with Gasteiger partial charge in [0.15, 0.2) is 6.10 Å². The molecular weight excluding hydrogens is 829 g/mol. The molecule has 1 atom stereocenters. The van der Waals surface area contributed by atoms with Crippen LogP contribution in [-0.2, 0) is 28.6 Å². The van der Waals surface area contributed by atoms with Crippen molar-refractivity contribution in [2.75, 3.05) is 13.2 Å². The van der Waals surface area contributed by atoms with Crippen LogP contribution in [0.15, 0.2) is 97.2 Å². The zero-order valence-corrected chi connectivity index (χ0v) is 43.6. The zero-order chi connectivity index (χ0) is 48.6. The molecule has 67 heavy (non-hydrogen) atoms. The molecule has 0 saturated heterocycles. The van der Waals surface area contributed by atoms with E-state index in [4.69, 9.17) is 14.2 Å². The highest BCUT2D eigenvalue weighted by molar-refractivity contribution is 5.71. The van der Waals surface area contributed by atoms with Gasteiger partial charge < -0.3 is 14.2 Å². The summed E-state index contributed by atoms with van der Waals surface area (Å²) in [6.07, 6.45) is 72.4. The molecule has 0 aromatic carbocycles. The Morgan fingerprint density at radius 2 is 0.582 bits per heavy atom. The van der Waals surface area contributed by atoms with E-state index in [2.05, 4.69) is 118 Å². The number of ether oxygens (including phenoxy) is 3. The molecule has 0 aliphatic heterocycles. The van der Waals surface area contributed by atoms with E-state index in [1.54, 1.807) is 0 Å². The van der Waals surface area contributed by atoms with E-state index in [1.165, 1.54) is 89.9 Å². The van der Waals surface area contributed by atoms with Crippen molar-refractivity contribution in [3.63, 3.8) is 0 Å². The van der Waals surface area contributed by atoms with E-state index in [-0.39, 0.29) is 31.1 Å². The Labute approximate surface area is 413 Å². The number of hydrogen-bond donors (Lipinski definition) is 0. The fourth-order valence-corrected chi connectivity index (χ4v) is 7.37. The molecule has 6 heteroatoms. The molecule has 0 N–H and O–H groups in total. The van der Waals surface area contributed by atoms with Crippen molar-refractivity contribution in [1.29, 1.82) is 0 Å². The second-order valence-electron chi connectivity index (χ2n) is 18.1. The van der Waals surface area contributed by atoms with Crippen LogP contribution in [0, 0.1) is 0 Å². The molecule has 0 heterocycles. The lowest BCUT2D eigenvalue weighted by molar-refractivity contribution is -0.167. The number of carbonyl (C=O) groups is 3. The maximum atomic E-state index is 12.8. The summed E-state index contributed by atoms with van der Waals surface area (Å²) in [6, 6.07) is 0. The molecule has 6 nitrogen and oxygen atoms in total.